The maximum Gasteiger partial charge on any atom is 0.433 e. The fourth-order valence-corrected chi connectivity index (χ4v) is 3.78. The number of aryl methyl sites for hydroxylation is 1. The topological polar surface area (TPSA) is 108 Å². The summed E-state index contributed by atoms with van der Waals surface area (Å²) in [4.78, 5) is 25.8. The van der Waals surface area contributed by atoms with E-state index in [1.807, 2.05) is 0 Å². The molecule has 9 nitrogen and oxygen atoms in total. The second-order valence-corrected chi connectivity index (χ2v) is 7.71. The van der Waals surface area contributed by atoms with E-state index in [-0.39, 0.29) is 24.3 Å². The van der Waals surface area contributed by atoms with Crippen molar-refractivity contribution in [1.29, 1.82) is 0 Å². The molecule has 1 fully saturated rings. The van der Waals surface area contributed by atoms with E-state index < -0.39 is 29.6 Å². The van der Waals surface area contributed by atoms with Crippen LogP contribution in [0.15, 0.2) is 47.9 Å². The first-order valence-electron chi connectivity index (χ1n) is 9.92. The fourth-order valence-electron chi connectivity index (χ4n) is 3.78. The highest BCUT2D eigenvalue weighted by molar-refractivity contribution is 5.93. The normalized spacial score (nSPS) is 18.8. The zero-order valence-corrected chi connectivity index (χ0v) is 17.2. The standard InChI is InChI=1S/C21H17F3N6O3/c1-29-7-12(6-27-29)18-19-13(20(32)30(10-26-19)15-8-33-9-16(15)31)4-14(28-18)11-2-3-17(25-5-11)21(22,23)24/h2-7,10,15-16,31H,8-9H2,1H3/t15-,16-/m0/s1. The van der Waals surface area contributed by atoms with Crippen LogP contribution in [0.4, 0.5) is 13.2 Å². The minimum Gasteiger partial charge on any atom is -0.388 e. The van der Waals surface area contributed by atoms with Gasteiger partial charge in [-0.05, 0) is 18.2 Å². The second-order valence-electron chi connectivity index (χ2n) is 7.71. The molecule has 5 rings (SSSR count). The molecule has 0 radical (unpaired) electrons. The molecule has 2 atom stereocenters. The Morgan fingerprint density at radius 2 is 1.97 bits per heavy atom. The number of fused-ring (bicyclic) bond motifs is 1. The fraction of sp³-hybridized carbons (Fsp3) is 0.286. The first-order valence-corrected chi connectivity index (χ1v) is 9.92. The van der Waals surface area contributed by atoms with Gasteiger partial charge in [0.25, 0.3) is 5.56 Å². The highest BCUT2D eigenvalue weighted by Gasteiger charge is 2.32. The number of hydrogen-bond acceptors (Lipinski definition) is 7. The average Bonchev–Trinajstić information content (AvgIpc) is 3.41. The van der Waals surface area contributed by atoms with Gasteiger partial charge in [-0.2, -0.15) is 18.3 Å². The van der Waals surface area contributed by atoms with E-state index in [9.17, 15) is 23.1 Å². The number of alkyl halides is 3. The van der Waals surface area contributed by atoms with Crippen molar-refractivity contribution in [2.45, 2.75) is 18.3 Å². The van der Waals surface area contributed by atoms with Crippen molar-refractivity contribution in [3.8, 4) is 22.5 Å². The Labute approximate surface area is 184 Å². The Morgan fingerprint density at radius 1 is 1.15 bits per heavy atom. The lowest BCUT2D eigenvalue weighted by Crippen LogP contribution is -2.32. The average molecular weight is 458 g/mol. The molecule has 4 aromatic heterocycles. The van der Waals surface area contributed by atoms with Crippen LogP contribution in [0.3, 0.4) is 0 Å². The largest absolute Gasteiger partial charge is 0.433 e. The summed E-state index contributed by atoms with van der Waals surface area (Å²) in [6.07, 6.45) is 0.219. The minimum absolute atomic E-state index is 0.106. The van der Waals surface area contributed by atoms with Crippen molar-refractivity contribution < 1.29 is 23.0 Å². The van der Waals surface area contributed by atoms with Gasteiger partial charge in [0, 0.05) is 30.6 Å². The van der Waals surface area contributed by atoms with Crippen LogP contribution in [0, 0.1) is 0 Å². The van der Waals surface area contributed by atoms with Gasteiger partial charge in [-0.25, -0.2) is 9.97 Å². The van der Waals surface area contributed by atoms with Crippen LogP contribution in [-0.4, -0.2) is 53.7 Å². The summed E-state index contributed by atoms with van der Waals surface area (Å²) >= 11 is 0. The van der Waals surface area contributed by atoms with Gasteiger partial charge >= 0.3 is 6.18 Å². The summed E-state index contributed by atoms with van der Waals surface area (Å²) in [5.74, 6) is 0. The monoisotopic (exact) mass is 458 g/mol. The maximum absolute atomic E-state index is 13.4. The summed E-state index contributed by atoms with van der Waals surface area (Å²) in [6, 6.07) is 2.98. The van der Waals surface area contributed by atoms with Gasteiger partial charge in [-0.15, -0.1) is 0 Å². The molecule has 1 saturated heterocycles. The summed E-state index contributed by atoms with van der Waals surface area (Å²) in [7, 11) is 1.72. The van der Waals surface area contributed by atoms with Gasteiger partial charge in [0.05, 0.1) is 42.9 Å². The van der Waals surface area contributed by atoms with Crippen molar-refractivity contribution in [2.24, 2.45) is 7.05 Å². The second kappa shape index (κ2) is 7.74. The Morgan fingerprint density at radius 3 is 2.58 bits per heavy atom. The summed E-state index contributed by atoms with van der Waals surface area (Å²) in [6.45, 7) is 0.263. The third kappa shape index (κ3) is 3.76. The van der Waals surface area contributed by atoms with Gasteiger partial charge in [0.1, 0.15) is 23.0 Å². The van der Waals surface area contributed by atoms with Crippen molar-refractivity contribution in [3.05, 3.63) is 59.2 Å². The van der Waals surface area contributed by atoms with Crippen LogP contribution in [0.5, 0.6) is 0 Å². The molecule has 0 amide bonds. The van der Waals surface area contributed by atoms with Crippen LogP contribution >= 0.6 is 0 Å². The molecule has 170 valence electrons. The quantitative estimate of drug-likeness (QED) is 0.502. The van der Waals surface area contributed by atoms with E-state index in [1.165, 1.54) is 23.0 Å². The van der Waals surface area contributed by atoms with Gasteiger partial charge in [-0.3, -0.25) is 19.0 Å². The number of hydrogen-bond donors (Lipinski definition) is 1. The Kier molecular flexibility index (Phi) is 4.98. The van der Waals surface area contributed by atoms with Crippen LogP contribution in [0.2, 0.25) is 0 Å². The van der Waals surface area contributed by atoms with Crippen molar-refractivity contribution in [1.82, 2.24) is 29.3 Å². The highest BCUT2D eigenvalue weighted by Crippen LogP contribution is 2.31. The molecule has 4 aromatic rings. The van der Waals surface area contributed by atoms with Gasteiger partial charge < -0.3 is 9.84 Å². The Bertz CT molecular complexity index is 1400. The van der Waals surface area contributed by atoms with Gasteiger partial charge in [0.15, 0.2) is 0 Å². The number of nitrogens with zero attached hydrogens (tertiary/aromatic N) is 6. The number of aromatic nitrogens is 6. The zero-order valence-electron chi connectivity index (χ0n) is 17.2. The predicted molar refractivity (Wildman–Crippen MR) is 110 cm³/mol. The first-order chi connectivity index (χ1) is 15.7. The van der Waals surface area contributed by atoms with Crippen LogP contribution in [0.25, 0.3) is 33.4 Å². The molecule has 0 bridgehead atoms. The molecule has 12 heteroatoms. The summed E-state index contributed by atoms with van der Waals surface area (Å²) in [5, 5.41) is 14.5. The number of aliphatic hydroxyl groups excluding tert-OH is 1. The number of halogens is 3. The lowest BCUT2D eigenvalue weighted by molar-refractivity contribution is -0.141. The van der Waals surface area contributed by atoms with Crippen LogP contribution in [-0.2, 0) is 18.0 Å². The van der Waals surface area contributed by atoms with Crippen LogP contribution in [0.1, 0.15) is 11.7 Å². The molecule has 0 aliphatic carbocycles. The molecular formula is C21H17F3N6O3. The third-order valence-corrected chi connectivity index (χ3v) is 5.48. The summed E-state index contributed by atoms with van der Waals surface area (Å²) in [5.41, 5.74) is 0.334. The molecule has 0 spiro atoms. The summed E-state index contributed by atoms with van der Waals surface area (Å²) < 4.78 is 46.9. The minimum atomic E-state index is -4.57. The zero-order chi connectivity index (χ0) is 23.3. The van der Waals surface area contributed by atoms with E-state index in [1.54, 1.807) is 24.1 Å². The molecule has 1 N–H and O–H groups in total. The highest BCUT2D eigenvalue weighted by atomic mass is 19.4. The molecule has 0 unspecified atom stereocenters. The molecule has 0 aromatic carbocycles. The van der Waals surface area contributed by atoms with E-state index in [0.29, 0.717) is 22.3 Å². The molecule has 0 saturated carbocycles. The first kappa shape index (κ1) is 21.2. The number of rotatable bonds is 3. The van der Waals surface area contributed by atoms with E-state index >= 15 is 0 Å². The molecule has 5 heterocycles. The van der Waals surface area contributed by atoms with Gasteiger partial charge in [-0.1, -0.05) is 0 Å². The lowest BCUT2D eigenvalue weighted by atomic mass is 10.1. The van der Waals surface area contributed by atoms with E-state index in [0.717, 1.165) is 12.3 Å². The van der Waals surface area contributed by atoms with E-state index in [2.05, 4.69) is 20.1 Å². The Hall–Kier alpha value is -3.64. The maximum atomic E-state index is 13.4. The molecule has 1 aliphatic rings. The van der Waals surface area contributed by atoms with Crippen molar-refractivity contribution >= 4 is 10.9 Å². The third-order valence-electron chi connectivity index (χ3n) is 5.48. The number of ether oxygens (including phenoxy) is 1. The van der Waals surface area contributed by atoms with Crippen molar-refractivity contribution in [3.63, 3.8) is 0 Å². The van der Waals surface area contributed by atoms with Gasteiger partial charge in [0.2, 0.25) is 0 Å². The van der Waals surface area contributed by atoms with Crippen LogP contribution < -0.4 is 5.56 Å². The molecule has 33 heavy (non-hydrogen) atoms. The molecule has 1 aliphatic heterocycles. The Balaban J connectivity index is 1.72. The number of pyridine rings is 2. The molecular weight excluding hydrogens is 441 g/mol. The van der Waals surface area contributed by atoms with E-state index in [4.69, 9.17) is 4.74 Å². The SMILES string of the molecule is Cn1cc(-c2nc(-c3ccc(C(F)(F)F)nc3)cc3c(=O)n([C@H]4COC[C@@H]4O)cnc23)cn1. The smallest absolute Gasteiger partial charge is 0.388 e. The number of aliphatic hydroxyl groups is 1. The van der Waals surface area contributed by atoms with Crippen molar-refractivity contribution in [2.75, 3.05) is 13.2 Å². The predicted octanol–water partition coefficient (Wildman–Crippen LogP) is 2.20. The lowest BCUT2D eigenvalue weighted by Gasteiger charge is -2.17.